The van der Waals surface area contributed by atoms with E-state index in [0.717, 1.165) is 5.56 Å². The van der Waals surface area contributed by atoms with Crippen molar-refractivity contribution in [1.82, 2.24) is 0 Å². The Morgan fingerprint density at radius 3 is 2.24 bits per heavy atom. The zero-order chi connectivity index (χ0) is 28.1. The number of esters is 1. The van der Waals surface area contributed by atoms with Gasteiger partial charge in [0.25, 0.3) is 0 Å². The number of nitrogens with zero attached hydrogens (tertiary/aromatic N) is 2. The molecule has 12 nitrogen and oxygen atoms in total. The minimum absolute atomic E-state index is 0.00299. The highest BCUT2D eigenvalue weighted by Gasteiger charge is 2.45. The minimum atomic E-state index is -2.24. The lowest BCUT2D eigenvalue weighted by Crippen LogP contribution is -2.58. The van der Waals surface area contributed by atoms with Crippen molar-refractivity contribution in [1.29, 1.82) is 0 Å². The van der Waals surface area contributed by atoms with Crippen molar-refractivity contribution in [2.45, 2.75) is 51.0 Å². The highest BCUT2D eigenvalue weighted by Crippen LogP contribution is 2.24. The molecule has 0 saturated carbocycles. The second-order valence-corrected chi connectivity index (χ2v) is 9.93. The number of hydrogen-bond acceptors (Lipinski definition) is 8. The monoisotopic (exact) mass is 527 g/mol. The summed E-state index contributed by atoms with van der Waals surface area (Å²) in [6, 6.07) is 13.7. The average molecular weight is 528 g/mol. The third-order valence-corrected chi connectivity index (χ3v) is 5.55. The van der Waals surface area contributed by atoms with Crippen molar-refractivity contribution in [3.8, 4) is 5.75 Å². The Balaban J connectivity index is 1.56. The lowest BCUT2D eigenvalue weighted by molar-refractivity contribution is -0.169. The molecule has 2 aromatic carbocycles. The lowest BCUT2D eigenvalue weighted by atomic mass is 9.91. The fraction of sp³-hybridized carbons (Fsp3) is 0.385. The quantitative estimate of drug-likeness (QED) is 0.152. The van der Waals surface area contributed by atoms with Gasteiger partial charge in [0.15, 0.2) is 12.1 Å². The summed E-state index contributed by atoms with van der Waals surface area (Å²) >= 11 is 0. The van der Waals surface area contributed by atoms with Gasteiger partial charge in [-0.25, -0.2) is 19.4 Å². The van der Waals surface area contributed by atoms with Crippen molar-refractivity contribution < 1.29 is 33.7 Å². The topological polar surface area (TPSA) is 193 Å². The van der Waals surface area contributed by atoms with Gasteiger partial charge >= 0.3 is 18.0 Å². The number of amides is 1. The number of carboxylic acids is 1. The van der Waals surface area contributed by atoms with Crippen LogP contribution in [-0.2, 0) is 32.0 Å². The van der Waals surface area contributed by atoms with Gasteiger partial charge in [-0.2, -0.15) is 0 Å². The number of rotatable bonds is 10. The molecule has 0 aromatic heterocycles. The van der Waals surface area contributed by atoms with E-state index in [2.05, 4.69) is 4.99 Å². The minimum Gasteiger partial charge on any atom is -0.490 e. The van der Waals surface area contributed by atoms with Crippen LogP contribution in [0.2, 0.25) is 0 Å². The van der Waals surface area contributed by atoms with Crippen LogP contribution in [0.3, 0.4) is 0 Å². The number of aliphatic imine (C=N–C) groups is 1. The number of carbonyl (C=O) groups excluding carboxylic acids is 2. The molecule has 1 fully saturated rings. The molecule has 1 aliphatic rings. The Bertz CT molecular complexity index is 1190. The molecule has 0 radical (unpaired) electrons. The number of carbonyl (C=O) groups is 3. The third kappa shape index (κ3) is 7.35. The molecule has 12 heteroatoms. The van der Waals surface area contributed by atoms with Crippen LogP contribution in [-0.4, -0.2) is 59.5 Å². The van der Waals surface area contributed by atoms with Crippen LogP contribution in [0.25, 0.3) is 0 Å². The van der Waals surface area contributed by atoms with Crippen LogP contribution < -0.4 is 26.8 Å². The predicted octanol–water partition coefficient (Wildman–Crippen LogP) is 1.53. The third-order valence-electron chi connectivity index (χ3n) is 5.55. The van der Waals surface area contributed by atoms with Gasteiger partial charge in [-0.3, -0.25) is 4.90 Å². The average Bonchev–Trinajstić information content (AvgIpc) is 3.21. The zero-order valence-electron chi connectivity index (χ0n) is 21.5. The number of nitrogens with two attached hydrogens (primary N) is 3. The maximum absolute atomic E-state index is 12.5. The molecule has 2 aromatic rings. The molecular formula is C26H33N5O7. The molecule has 1 amide bonds. The molecule has 0 aliphatic carbocycles. The lowest BCUT2D eigenvalue weighted by Gasteiger charge is -2.28. The molecular weight excluding hydrogens is 494 g/mol. The van der Waals surface area contributed by atoms with Gasteiger partial charge in [-0.15, -0.1) is 0 Å². The number of hydrogen-bond donors (Lipinski definition) is 4. The van der Waals surface area contributed by atoms with Crippen molar-refractivity contribution in [3.63, 3.8) is 0 Å². The summed E-state index contributed by atoms with van der Waals surface area (Å²) in [5.74, 6) is -2.03. The Morgan fingerprint density at radius 1 is 1.08 bits per heavy atom. The summed E-state index contributed by atoms with van der Waals surface area (Å²) < 4.78 is 16.4. The Kier molecular flexibility index (Phi) is 8.46. The summed E-state index contributed by atoms with van der Waals surface area (Å²) in [5, 5.41) is 9.59. The highest BCUT2D eigenvalue weighted by molar-refractivity contribution is 6.04. The van der Waals surface area contributed by atoms with Crippen molar-refractivity contribution in [3.05, 3.63) is 59.7 Å². The van der Waals surface area contributed by atoms with E-state index < -0.39 is 35.3 Å². The second kappa shape index (κ2) is 11.4. The van der Waals surface area contributed by atoms with E-state index in [1.165, 1.54) is 4.90 Å². The molecule has 1 aliphatic heterocycles. The maximum atomic E-state index is 12.5. The van der Waals surface area contributed by atoms with Crippen molar-refractivity contribution in [2.75, 3.05) is 18.1 Å². The molecule has 204 valence electrons. The van der Waals surface area contributed by atoms with E-state index in [1.807, 2.05) is 12.1 Å². The van der Waals surface area contributed by atoms with Crippen LogP contribution in [0.15, 0.2) is 53.5 Å². The molecule has 1 saturated heterocycles. The van der Waals surface area contributed by atoms with Crippen LogP contribution in [0, 0.1) is 0 Å². The van der Waals surface area contributed by atoms with Gasteiger partial charge in [0.2, 0.25) is 5.54 Å². The van der Waals surface area contributed by atoms with Gasteiger partial charge in [-0.05, 0) is 56.2 Å². The molecule has 0 spiro atoms. The maximum Gasteiger partial charge on any atom is 0.414 e. The molecule has 2 atom stereocenters. The van der Waals surface area contributed by atoms with Crippen LogP contribution in [0.1, 0.15) is 31.9 Å². The highest BCUT2D eigenvalue weighted by atomic mass is 16.6. The normalized spacial score (nSPS) is 16.8. The first-order valence-electron chi connectivity index (χ1n) is 11.9. The van der Waals surface area contributed by atoms with Gasteiger partial charge in [0.1, 0.15) is 18.0 Å². The van der Waals surface area contributed by atoms with Crippen molar-refractivity contribution >= 4 is 29.7 Å². The van der Waals surface area contributed by atoms with E-state index >= 15 is 0 Å². The molecule has 38 heavy (non-hydrogen) atoms. The summed E-state index contributed by atoms with van der Waals surface area (Å²) in [7, 11) is 0. The molecule has 0 bridgehead atoms. The molecule has 3 rings (SSSR count). The van der Waals surface area contributed by atoms with Crippen LogP contribution >= 0.6 is 0 Å². The van der Waals surface area contributed by atoms with Crippen LogP contribution in [0.4, 0.5) is 10.5 Å². The summed E-state index contributed by atoms with van der Waals surface area (Å²) in [5.41, 5.74) is 15.6. The Morgan fingerprint density at radius 2 is 1.68 bits per heavy atom. The fourth-order valence-corrected chi connectivity index (χ4v) is 3.60. The first-order valence-corrected chi connectivity index (χ1v) is 11.9. The van der Waals surface area contributed by atoms with Crippen LogP contribution in [0.5, 0.6) is 5.75 Å². The zero-order valence-corrected chi connectivity index (χ0v) is 21.5. The largest absolute Gasteiger partial charge is 0.490 e. The van der Waals surface area contributed by atoms with E-state index in [0.29, 0.717) is 30.1 Å². The Labute approximate surface area is 220 Å². The van der Waals surface area contributed by atoms with Crippen molar-refractivity contribution in [2.24, 2.45) is 22.2 Å². The number of aliphatic carboxylic acids is 1. The van der Waals surface area contributed by atoms with Gasteiger partial charge in [-0.1, -0.05) is 24.3 Å². The SMILES string of the molecule is CC(C)(C)OC(=O)C(N)(Cc1ccc(OCC2CN(c3ccc(CN=C(N)N)cc3)C(=O)O2)cc1)C(=O)O. The number of ether oxygens (including phenoxy) is 3. The standard InChI is InChI=1S/C26H33N5O7/c1-25(2,3)38-22(34)26(29,21(32)33)12-16-6-10-19(11-7-16)36-15-20-14-31(24(35)37-20)18-8-4-17(5-9-18)13-30-23(27)28/h4-11,20H,12-15,29H2,1-3H3,(H,32,33)(H4,27,28,30). The summed E-state index contributed by atoms with van der Waals surface area (Å²) in [6.07, 6.45) is -1.25. The smallest absolute Gasteiger partial charge is 0.414 e. The van der Waals surface area contributed by atoms with E-state index in [9.17, 15) is 19.5 Å². The first-order chi connectivity index (χ1) is 17.8. The first kappa shape index (κ1) is 28.3. The van der Waals surface area contributed by atoms with Gasteiger partial charge < -0.3 is 36.5 Å². The Hall–Kier alpha value is -4.32. The second-order valence-electron chi connectivity index (χ2n) is 9.93. The molecule has 7 N–H and O–H groups in total. The number of guanidine groups is 1. The van der Waals surface area contributed by atoms with Gasteiger partial charge in [0.05, 0.1) is 13.1 Å². The number of anilines is 1. The molecule has 1 heterocycles. The number of carboxylic acid groups (broad SMARTS) is 1. The number of cyclic esters (lactones) is 1. The van der Waals surface area contributed by atoms with Gasteiger partial charge in [0, 0.05) is 12.1 Å². The predicted molar refractivity (Wildman–Crippen MR) is 140 cm³/mol. The summed E-state index contributed by atoms with van der Waals surface area (Å²) in [4.78, 5) is 42.1. The van der Waals surface area contributed by atoms with E-state index in [1.54, 1.807) is 57.2 Å². The van der Waals surface area contributed by atoms with E-state index in [4.69, 9.17) is 31.4 Å². The number of benzene rings is 2. The summed E-state index contributed by atoms with van der Waals surface area (Å²) in [6.45, 7) is 5.64. The van der Waals surface area contributed by atoms with E-state index in [-0.39, 0.29) is 19.0 Å². The molecule has 2 unspecified atom stereocenters. The fourth-order valence-electron chi connectivity index (χ4n) is 3.60.